The van der Waals surface area contributed by atoms with Gasteiger partial charge in [0.05, 0.1) is 12.5 Å². The fraction of sp³-hybridized carbons (Fsp3) is 0.476. The Labute approximate surface area is 149 Å². The van der Waals surface area contributed by atoms with Crippen LogP contribution >= 0.6 is 0 Å². The van der Waals surface area contributed by atoms with Crippen LogP contribution in [-0.4, -0.2) is 37.1 Å². The first-order chi connectivity index (χ1) is 12.3. The summed E-state index contributed by atoms with van der Waals surface area (Å²) in [5, 5.41) is 12.8. The molecule has 2 aliphatic carbocycles. The van der Waals surface area contributed by atoms with Gasteiger partial charge in [-0.2, -0.15) is 0 Å². The summed E-state index contributed by atoms with van der Waals surface area (Å²) in [7, 11) is 0. The fourth-order valence-corrected chi connectivity index (χ4v) is 4.00. The van der Waals surface area contributed by atoms with E-state index in [1.165, 1.54) is 5.57 Å². The standard InChI is InChI=1S/C21H26N2O2/c24-14-15-2-1-3-16(10-15)18-11-17-4-7-23-13-20(17)21(12-18)25-19-5-8-22-9-6-19/h1-2,4,7,10-13,16-17,19-20,22,24H,3,5-6,8-9,14H2. The zero-order valence-corrected chi connectivity index (χ0v) is 14.5. The first-order valence-electron chi connectivity index (χ1n) is 9.32. The summed E-state index contributed by atoms with van der Waals surface area (Å²) in [4.78, 5) is 4.34. The molecule has 4 rings (SSSR count). The molecule has 1 saturated heterocycles. The average Bonchev–Trinajstić information content (AvgIpc) is 2.69. The summed E-state index contributed by atoms with van der Waals surface area (Å²) in [6.45, 7) is 2.15. The minimum absolute atomic E-state index is 0.0983. The van der Waals surface area contributed by atoms with Crippen LogP contribution in [0.5, 0.6) is 0 Å². The van der Waals surface area contributed by atoms with Crippen LogP contribution in [-0.2, 0) is 4.74 Å². The van der Waals surface area contributed by atoms with Crippen molar-refractivity contribution in [3.63, 3.8) is 0 Å². The highest BCUT2D eigenvalue weighted by molar-refractivity contribution is 5.69. The second-order valence-corrected chi connectivity index (χ2v) is 7.17. The molecule has 132 valence electrons. The van der Waals surface area contributed by atoms with E-state index in [1.54, 1.807) is 0 Å². The highest BCUT2D eigenvalue weighted by Crippen LogP contribution is 2.37. The Bertz CT molecular complexity index is 678. The van der Waals surface area contributed by atoms with Gasteiger partial charge in [-0.15, -0.1) is 0 Å². The first-order valence-corrected chi connectivity index (χ1v) is 9.32. The quantitative estimate of drug-likeness (QED) is 0.829. The third-order valence-corrected chi connectivity index (χ3v) is 5.41. The van der Waals surface area contributed by atoms with Crippen LogP contribution in [0.2, 0.25) is 0 Å². The Kier molecular flexibility index (Phi) is 4.99. The number of nitrogens with one attached hydrogen (secondary N) is 1. The molecule has 0 saturated carbocycles. The van der Waals surface area contributed by atoms with Gasteiger partial charge in [0.25, 0.3) is 0 Å². The predicted octanol–water partition coefficient (Wildman–Crippen LogP) is 2.90. The normalized spacial score (nSPS) is 31.9. The van der Waals surface area contributed by atoms with Crippen molar-refractivity contribution in [3.8, 4) is 0 Å². The molecule has 25 heavy (non-hydrogen) atoms. The van der Waals surface area contributed by atoms with Crippen molar-refractivity contribution in [2.24, 2.45) is 22.7 Å². The van der Waals surface area contributed by atoms with E-state index < -0.39 is 0 Å². The Morgan fingerprint density at radius 1 is 1.24 bits per heavy atom. The minimum atomic E-state index is 0.0983. The van der Waals surface area contributed by atoms with Gasteiger partial charge in [-0.05, 0) is 49.6 Å². The Morgan fingerprint density at radius 2 is 2.12 bits per heavy atom. The van der Waals surface area contributed by atoms with E-state index in [2.05, 4.69) is 40.7 Å². The van der Waals surface area contributed by atoms with Crippen LogP contribution in [0.1, 0.15) is 19.3 Å². The molecule has 0 spiro atoms. The van der Waals surface area contributed by atoms with Crippen molar-refractivity contribution in [3.05, 3.63) is 59.6 Å². The number of piperidine rings is 1. The maximum atomic E-state index is 9.45. The number of aliphatic hydroxyl groups excluding tert-OH is 1. The van der Waals surface area contributed by atoms with Crippen LogP contribution in [0, 0.1) is 17.8 Å². The summed E-state index contributed by atoms with van der Waals surface area (Å²) in [5.74, 6) is 1.89. The van der Waals surface area contributed by atoms with E-state index in [-0.39, 0.29) is 12.5 Å². The molecule has 0 aromatic rings. The second kappa shape index (κ2) is 7.54. The van der Waals surface area contributed by atoms with Gasteiger partial charge in [-0.3, -0.25) is 4.99 Å². The van der Waals surface area contributed by atoms with Crippen LogP contribution in [0.3, 0.4) is 0 Å². The van der Waals surface area contributed by atoms with Crippen molar-refractivity contribution in [1.29, 1.82) is 0 Å². The molecule has 0 aromatic heterocycles. The molecule has 0 bridgehead atoms. The molecule has 0 radical (unpaired) electrons. The van der Waals surface area contributed by atoms with Crippen molar-refractivity contribution >= 4 is 6.21 Å². The largest absolute Gasteiger partial charge is 0.494 e. The van der Waals surface area contributed by atoms with Crippen molar-refractivity contribution < 1.29 is 9.84 Å². The molecular weight excluding hydrogens is 312 g/mol. The lowest BCUT2D eigenvalue weighted by Crippen LogP contribution is -2.34. The monoisotopic (exact) mass is 338 g/mol. The van der Waals surface area contributed by atoms with Crippen molar-refractivity contribution in [1.82, 2.24) is 5.32 Å². The Hall–Kier alpha value is -1.91. The van der Waals surface area contributed by atoms with Crippen LogP contribution in [0.25, 0.3) is 0 Å². The Morgan fingerprint density at radius 3 is 2.96 bits per heavy atom. The molecule has 4 nitrogen and oxygen atoms in total. The molecule has 2 N–H and O–H groups in total. The molecule has 1 fully saturated rings. The summed E-state index contributed by atoms with van der Waals surface area (Å²) in [6, 6.07) is 0. The summed E-state index contributed by atoms with van der Waals surface area (Å²) in [5.41, 5.74) is 2.29. The van der Waals surface area contributed by atoms with E-state index >= 15 is 0 Å². The topological polar surface area (TPSA) is 53.9 Å². The van der Waals surface area contributed by atoms with Gasteiger partial charge in [0.1, 0.15) is 11.9 Å². The van der Waals surface area contributed by atoms with E-state index in [9.17, 15) is 5.11 Å². The maximum Gasteiger partial charge on any atom is 0.106 e. The van der Waals surface area contributed by atoms with Crippen molar-refractivity contribution in [2.45, 2.75) is 25.4 Å². The molecule has 2 aliphatic heterocycles. The molecule has 4 heteroatoms. The predicted molar refractivity (Wildman–Crippen MR) is 100 cm³/mol. The smallest absolute Gasteiger partial charge is 0.106 e. The number of aliphatic imine (C=N–C) groups is 1. The molecule has 3 unspecified atom stereocenters. The number of allylic oxidation sites excluding steroid dienone is 7. The van der Waals surface area contributed by atoms with Gasteiger partial charge in [0.2, 0.25) is 0 Å². The number of aliphatic hydroxyl groups is 1. The van der Waals surface area contributed by atoms with Gasteiger partial charge >= 0.3 is 0 Å². The van der Waals surface area contributed by atoms with Gasteiger partial charge in [-0.1, -0.05) is 30.4 Å². The number of ether oxygens (including phenoxy) is 1. The van der Waals surface area contributed by atoms with Crippen LogP contribution in [0.4, 0.5) is 0 Å². The molecule has 2 heterocycles. The van der Waals surface area contributed by atoms with E-state index in [0.717, 1.165) is 43.7 Å². The van der Waals surface area contributed by atoms with E-state index in [1.807, 2.05) is 18.5 Å². The third kappa shape index (κ3) is 3.70. The average molecular weight is 338 g/mol. The molecule has 0 amide bonds. The maximum absolute atomic E-state index is 9.45. The van der Waals surface area contributed by atoms with Crippen molar-refractivity contribution in [2.75, 3.05) is 19.7 Å². The minimum Gasteiger partial charge on any atom is -0.494 e. The first kappa shape index (κ1) is 16.6. The van der Waals surface area contributed by atoms with Gasteiger partial charge < -0.3 is 15.2 Å². The summed E-state index contributed by atoms with van der Waals surface area (Å²) in [6.07, 6.45) is 20.4. The molecule has 3 atom stereocenters. The number of rotatable bonds is 4. The lowest BCUT2D eigenvalue weighted by molar-refractivity contribution is 0.0727. The summed E-state index contributed by atoms with van der Waals surface area (Å²) < 4.78 is 6.44. The lowest BCUT2D eigenvalue weighted by Gasteiger charge is -2.34. The van der Waals surface area contributed by atoms with Crippen LogP contribution in [0.15, 0.2) is 64.6 Å². The number of hydrogen-bond acceptors (Lipinski definition) is 4. The lowest BCUT2D eigenvalue weighted by atomic mass is 9.78. The second-order valence-electron chi connectivity index (χ2n) is 7.17. The number of hydrogen-bond donors (Lipinski definition) is 2. The third-order valence-electron chi connectivity index (χ3n) is 5.41. The number of fused-ring (bicyclic) bond motifs is 1. The van der Waals surface area contributed by atoms with Crippen LogP contribution < -0.4 is 5.32 Å². The SMILES string of the molecule is OCC1=CC(C2=CC3C=CN=CC3C(OC3CCNCC3)=C2)CC=C1. The van der Waals surface area contributed by atoms with E-state index in [0.29, 0.717) is 17.9 Å². The molecule has 0 aromatic carbocycles. The van der Waals surface area contributed by atoms with Gasteiger partial charge in [-0.25, -0.2) is 0 Å². The zero-order chi connectivity index (χ0) is 17.1. The van der Waals surface area contributed by atoms with Gasteiger partial charge in [0.15, 0.2) is 0 Å². The van der Waals surface area contributed by atoms with E-state index in [4.69, 9.17) is 4.74 Å². The fourth-order valence-electron chi connectivity index (χ4n) is 4.00. The highest BCUT2D eigenvalue weighted by atomic mass is 16.5. The number of nitrogens with zero attached hydrogens (tertiary/aromatic N) is 1. The Balaban J connectivity index is 1.59. The van der Waals surface area contributed by atoms with Gasteiger partial charge in [0, 0.05) is 24.3 Å². The molecular formula is C21H26N2O2. The zero-order valence-electron chi connectivity index (χ0n) is 14.5. The highest BCUT2D eigenvalue weighted by Gasteiger charge is 2.31. The summed E-state index contributed by atoms with van der Waals surface area (Å²) >= 11 is 0. The molecule has 4 aliphatic rings.